The first kappa shape index (κ1) is 16.0. The summed E-state index contributed by atoms with van der Waals surface area (Å²) in [7, 11) is 0. The molecule has 0 spiro atoms. The smallest absolute Gasteiger partial charge is 0.210 e. The molecular formula is C19H24F2N2O. The Labute approximate surface area is 141 Å². The number of benzene rings is 1. The van der Waals surface area contributed by atoms with Crippen molar-refractivity contribution in [3.63, 3.8) is 0 Å². The molecule has 0 radical (unpaired) electrons. The van der Waals surface area contributed by atoms with Crippen LogP contribution in [0.5, 0.6) is 0 Å². The second kappa shape index (κ2) is 6.43. The Morgan fingerprint density at radius 2 is 1.67 bits per heavy atom. The number of carbonyl (C=O) groups excluding carboxylic acids is 1. The van der Waals surface area contributed by atoms with E-state index in [1.165, 1.54) is 18.2 Å². The summed E-state index contributed by atoms with van der Waals surface area (Å²) in [6, 6.07) is 4.82. The third-order valence-electron chi connectivity index (χ3n) is 6.19. The van der Waals surface area contributed by atoms with Gasteiger partial charge in [0, 0.05) is 24.2 Å². The van der Waals surface area contributed by atoms with Crippen LogP contribution in [0, 0.1) is 11.6 Å². The molecule has 3 heterocycles. The molecule has 3 nitrogen and oxygen atoms in total. The minimum absolute atomic E-state index is 0.0479. The third kappa shape index (κ3) is 2.63. The molecule has 1 aromatic carbocycles. The molecule has 2 bridgehead atoms. The van der Waals surface area contributed by atoms with Crippen molar-refractivity contribution >= 4 is 6.41 Å². The average molecular weight is 334 g/mol. The fourth-order valence-electron chi connectivity index (χ4n) is 5.22. The Balaban J connectivity index is 1.56. The van der Waals surface area contributed by atoms with E-state index in [1.54, 1.807) is 0 Å². The number of halogens is 2. The molecule has 0 saturated carbocycles. The lowest BCUT2D eigenvalue weighted by atomic mass is 9.83. The molecule has 0 N–H and O–H groups in total. The normalized spacial score (nSPS) is 33.7. The minimum atomic E-state index is -0.417. The fraction of sp³-hybridized carbons (Fsp3) is 0.632. The van der Waals surface area contributed by atoms with Crippen LogP contribution in [0.25, 0.3) is 0 Å². The SMILES string of the molecule is O=CN1CCCCC1N1C2CCC1CC(c1c(F)cccc1F)C2. The fourth-order valence-corrected chi connectivity index (χ4v) is 5.22. The van der Waals surface area contributed by atoms with Crippen molar-refractivity contribution in [3.05, 3.63) is 35.4 Å². The molecule has 1 amide bonds. The van der Waals surface area contributed by atoms with Crippen molar-refractivity contribution in [1.29, 1.82) is 0 Å². The third-order valence-corrected chi connectivity index (χ3v) is 6.19. The predicted molar refractivity (Wildman–Crippen MR) is 87.4 cm³/mol. The van der Waals surface area contributed by atoms with E-state index in [0.717, 1.165) is 57.9 Å². The largest absolute Gasteiger partial charge is 0.329 e. The molecule has 24 heavy (non-hydrogen) atoms. The number of amides is 1. The summed E-state index contributed by atoms with van der Waals surface area (Å²) in [5.74, 6) is -0.881. The second-order valence-electron chi connectivity index (χ2n) is 7.46. The van der Waals surface area contributed by atoms with Crippen molar-refractivity contribution in [3.8, 4) is 0 Å². The lowest BCUT2D eigenvalue weighted by molar-refractivity contribution is -0.129. The Kier molecular flexibility index (Phi) is 4.29. The predicted octanol–water partition coefficient (Wildman–Crippen LogP) is 3.64. The quantitative estimate of drug-likeness (QED) is 0.788. The van der Waals surface area contributed by atoms with Gasteiger partial charge in [-0.3, -0.25) is 9.69 Å². The van der Waals surface area contributed by atoms with Gasteiger partial charge in [-0.1, -0.05) is 6.07 Å². The Bertz CT molecular complexity index is 589. The lowest BCUT2D eigenvalue weighted by Crippen LogP contribution is -2.56. The number of rotatable bonds is 3. The van der Waals surface area contributed by atoms with E-state index >= 15 is 0 Å². The molecule has 3 aliphatic heterocycles. The monoisotopic (exact) mass is 334 g/mol. The van der Waals surface area contributed by atoms with E-state index in [9.17, 15) is 13.6 Å². The summed E-state index contributed by atoms with van der Waals surface area (Å²) < 4.78 is 28.3. The number of likely N-dealkylation sites (tertiary alicyclic amines) is 1. The molecule has 3 saturated heterocycles. The first-order valence-electron chi connectivity index (χ1n) is 9.11. The first-order chi connectivity index (χ1) is 11.7. The van der Waals surface area contributed by atoms with Gasteiger partial charge in [-0.15, -0.1) is 0 Å². The molecule has 4 rings (SSSR count). The number of carbonyl (C=O) groups is 1. The van der Waals surface area contributed by atoms with E-state index in [4.69, 9.17) is 0 Å². The van der Waals surface area contributed by atoms with Gasteiger partial charge in [0.1, 0.15) is 11.6 Å². The van der Waals surface area contributed by atoms with Crippen LogP contribution in [0.3, 0.4) is 0 Å². The number of fused-ring (bicyclic) bond motifs is 2. The zero-order valence-corrected chi connectivity index (χ0v) is 13.8. The van der Waals surface area contributed by atoms with Gasteiger partial charge < -0.3 is 4.90 Å². The van der Waals surface area contributed by atoms with E-state index < -0.39 is 11.6 Å². The highest BCUT2D eigenvalue weighted by Gasteiger charge is 2.46. The van der Waals surface area contributed by atoms with Crippen molar-refractivity contribution in [1.82, 2.24) is 9.80 Å². The Morgan fingerprint density at radius 3 is 2.29 bits per heavy atom. The maximum atomic E-state index is 14.2. The summed E-state index contributed by atoms with van der Waals surface area (Å²) in [5.41, 5.74) is 0.268. The summed E-state index contributed by atoms with van der Waals surface area (Å²) in [4.78, 5) is 15.8. The van der Waals surface area contributed by atoms with Crippen LogP contribution in [0.1, 0.15) is 56.4 Å². The maximum absolute atomic E-state index is 14.2. The number of hydrogen-bond donors (Lipinski definition) is 0. The first-order valence-corrected chi connectivity index (χ1v) is 9.11. The zero-order valence-electron chi connectivity index (χ0n) is 13.8. The van der Waals surface area contributed by atoms with Crippen molar-refractivity contribution < 1.29 is 13.6 Å². The molecule has 130 valence electrons. The van der Waals surface area contributed by atoms with E-state index in [-0.39, 0.29) is 17.6 Å². The van der Waals surface area contributed by atoms with Gasteiger partial charge >= 0.3 is 0 Å². The minimum Gasteiger partial charge on any atom is -0.329 e. The van der Waals surface area contributed by atoms with E-state index in [0.29, 0.717) is 12.1 Å². The summed E-state index contributed by atoms with van der Waals surface area (Å²) in [5, 5.41) is 0. The summed E-state index contributed by atoms with van der Waals surface area (Å²) >= 11 is 0. The highest BCUT2D eigenvalue weighted by molar-refractivity contribution is 5.48. The van der Waals surface area contributed by atoms with Gasteiger partial charge in [0.2, 0.25) is 6.41 Å². The maximum Gasteiger partial charge on any atom is 0.210 e. The van der Waals surface area contributed by atoms with Gasteiger partial charge in [-0.2, -0.15) is 0 Å². The number of nitrogens with zero attached hydrogens (tertiary/aromatic N) is 2. The topological polar surface area (TPSA) is 23.6 Å². The van der Waals surface area contributed by atoms with Gasteiger partial charge in [0.05, 0.1) is 6.17 Å². The zero-order chi connectivity index (χ0) is 16.7. The molecule has 5 heteroatoms. The number of piperidine rings is 2. The van der Waals surface area contributed by atoms with E-state index in [2.05, 4.69) is 4.90 Å². The van der Waals surface area contributed by atoms with Crippen LogP contribution in [0.4, 0.5) is 8.78 Å². The molecule has 0 aliphatic carbocycles. The van der Waals surface area contributed by atoms with Crippen LogP contribution < -0.4 is 0 Å². The van der Waals surface area contributed by atoms with Crippen molar-refractivity contribution in [2.45, 2.75) is 69.1 Å². The van der Waals surface area contributed by atoms with E-state index in [1.807, 2.05) is 4.90 Å². The van der Waals surface area contributed by atoms with Gasteiger partial charge in [0.15, 0.2) is 0 Å². The Hall–Kier alpha value is -1.49. The Morgan fingerprint density at radius 1 is 1.00 bits per heavy atom. The molecule has 0 aromatic heterocycles. The van der Waals surface area contributed by atoms with Gasteiger partial charge in [0.25, 0.3) is 0 Å². The van der Waals surface area contributed by atoms with Gasteiger partial charge in [-0.25, -0.2) is 8.78 Å². The molecule has 1 aromatic rings. The van der Waals surface area contributed by atoms with Crippen molar-refractivity contribution in [2.75, 3.05) is 6.54 Å². The van der Waals surface area contributed by atoms with Crippen LogP contribution >= 0.6 is 0 Å². The lowest BCUT2D eigenvalue weighted by Gasteiger charge is -2.48. The van der Waals surface area contributed by atoms with Crippen LogP contribution in [0.2, 0.25) is 0 Å². The average Bonchev–Trinajstić information content (AvgIpc) is 2.84. The van der Waals surface area contributed by atoms with Crippen LogP contribution in [0.15, 0.2) is 18.2 Å². The molecule has 3 aliphatic rings. The van der Waals surface area contributed by atoms with Gasteiger partial charge in [-0.05, 0) is 63.0 Å². The van der Waals surface area contributed by atoms with Crippen LogP contribution in [-0.4, -0.2) is 41.0 Å². The molecular weight excluding hydrogens is 310 g/mol. The highest BCUT2D eigenvalue weighted by atomic mass is 19.1. The van der Waals surface area contributed by atoms with Crippen molar-refractivity contribution in [2.24, 2.45) is 0 Å². The summed E-state index contributed by atoms with van der Waals surface area (Å²) in [6.45, 7) is 0.829. The molecule has 3 unspecified atom stereocenters. The molecule has 3 atom stereocenters. The number of hydrogen-bond acceptors (Lipinski definition) is 2. The van der Waals surface area contributed by atoms with Crippen LogP contribution in [-0.2, 0) is 4.79 Å². The second-order valence-corrected chi connectivity index (χ2v) is 7.46. The summed E-state index contributed by atoms with van der Waals surface area (Å²) in [6.07, 6.45) is 8.12. The highest BCUT2D eigenvalue weighted by Crippen LogP contribution is 2.46. The molecule has 3 fully saturated rings. The standard InChI is InChI=1S/C19H24F2N2O/c20-16-4-3-5-17(21)19(16)13-10-14-7-8-15(11-13)23(14)18-6-1-2-9-22(18)12-24/h3-5,12-15,18H,1-2,6-11H2.